The maximum Gasteiger partial charge on any atom is 0.252 e. The Morgan fingerprint density at radius 1 is 1.53 bits per heavy atom. The molecule has 1 N–H and O–H groups in total. The molecule has 0 saturated carbocycles. The second kappa shape index (κ2) is 4.89. The third kappa shape index (κ3) is 2.60. The van der Waals surface area contributed by atoms with Gasteiger partial charge in [0.15, 0.2) is 0 Å². The van der Waals surface area contributed by atoms with Gasteiger partial charge in [-0.25, -0.2) is 8.42 Å². The fraction of sp³-hybridized carbons (Fsp3) is 0.455. The number of hydrogen-bond acceptors (Lipinski definition) is 4. The van der Waals surface area contributed by atoms with Gasteiger partial charge >= 0.3 is 0 Å². The molecular weight excluding hydrogens is 258 g/mol. The minimum atomic E-state index is -3.38. The first-order valence-electron chi connectivity index (χ1n) is 5.38. The quantitative estimate of drug-likeness (QED) is 0.851. The minimum Gasteiger partial charge on any atom is -0.392 e. The molecule has 0 aliphatic carbocycles. The van der Waals surface area contributed by atoms with Crippen molar-refractivity contribution in [1.29, 1.82) is 0 Å². The van der Waals surface area contributed by atoms with Gasteiger partial charge in [0.25, 0.3) is 10.0 Å². The summed E-state index contributed by atoms with van der Waals surface area (Å²) < 4.78 is 26.3. The molecule has 6 heteroatoms. The maximum absolute atomic E-state index is 12.2. The molecule has 0 fully saturated rings. The summed E-state index contributed by atoms with van der Waals surface area (Å²) in [4.78, 5) is 0. The van der Waals surface area contributed by atoms with Crippen LogP contribution in [-0.4, -0.2) is 30.9 Å². The highest BCUT2D eigenvalue weighted by Crippen LogP contribution is 2.25. The van der Waals surface area contributed by atoms with Crippen LogP contribution in [0.1, 0.15) is 18.9 Å². The lowest BCUT2D eigenvalue weighted by Gasteiger charge is -2.23. The molecule has 1 aromatic rings. The van der Waals surface area contributed by atoms with Crippen molar-refractivity contribution in [3.05, 3.63) is 28.7 Å². The predicted octanol–water partition coefficient (Wildman–Crippen LogP) is 1.58. The van der Waals surface area contributed by atoms with Gasteiger partial charge in [0.1, 0.15) is 4.21 Å². The van der Waals surface area contributed by atoms with Crippen LogP contribution in [0.2, 0.25) is 0 Å². The van der Waals surface area contributed by atoms with Gasteiger partial charge in [0, 0.05) is 13.1 Å². The van der Waals surface area contributed by atoms with E-state index in [2.05, 4.69) is 0 Å². The zero-order valence-electron chi connectivity index (χ0n) is 9.59. The van der Waals surface area contributed by atoms with Crippen LogP contribution in [-0.2, 0) is 16.6 Å². The number of rotatable bonds is 3. The van der Waals surface area contributed by atoms with Crippen LogP contribution in [0.3, 0.4) is 0 Å². The molecule has 94 valence electrons. The van der Waals surface area contributed by atoms with E-state index in [0.717, 1.165) is 6.42 Å². The standard InChI is InChI=1S/C11H15NO3S2/c1-9-2-4-12(5-3-9)17(14,15)11-6-10(7-13)8-16-11/h2,6,8,13H,3-5,7H2,1H3. The molecule has 0 aromatic carbocycles. The number of hydrogen-bond donors (Lipinski definition) is 1. The highest BCUT2D eigenvalue weighted by molar-refractivity contribution is 7.91. The Morgan fingerprint density at radius 3 is 2.82 bits per heavy atom. The Hall–Kier alpha value is -0.690. The molecule has 1 aromatic heterocycles. The third-order valence-electron chi connectivity index (χ3n) is 2.81. The van der Waals surface area contributed by atoms with Gasteiger partial charge in [-0.3, -0.25) is 0 Å². The molecule has 17 heavy (non-hydrogen) atoms. The smallest absolute Gasteiger partial charge is 0.252 e. The average molecular weight is 273 g/mol. The van der Waals surface area contributed by atoms with Crippen LogP contribution >= 0.6 is 11.3 Å². The van der Waals surface area contributed by atoms with Crippen LogP contribution in [0.5, 0.6) is 0 Å². The zero-order valence-corrected chi connectivity index (χ0v) is 11.2. The monoisotopic (exact) mass is 273 g/mol. The first kappa shape index (κ1) is 12.8. The molecular formula is C11H15NO3S2. The summed E-state index contributed by atoms with van der Waals surface area (Å²) in [6.07, 6.45) is 2.74. The molecule has 0 atom stereocenters. The number of aliphatic hydroxyl groups is 1. The van der Waals surface area contributed by atoms with Crippen LogP contribution in [0.25, 0.3) is 0 Å². The molecule has 0 amide bonds. The van der Waals surface area contributed by atoms with Crippen molar-refractivity contribution in [2.45, 2.75) is 24.2 Å². The largest absolute Gasteiger partial charge is 0.392 e. The normalized spacial score (nSPS) is 18.1. The second-order valence-corrected chi connectivity index (χ2v) is 7.17. The maximum atomic E-state index is 12.2. The fourth-order valence-corrected chi connectivity index (χ4v) is 4.40. The van der Waals surface area contributed by atoms with Gasteiger partial charge in [0.2, 0.25) is 0 Å². The third-order valence-corrected chi connectivity index (χ3v) is 6.13. The number of aliphatic hydroxyl groups excluding tert-OH is 1. The lowest BCUT2D eigenvalue weighted by Crippen LogP contribution is -2.34. The predicted molar refractivity (Wildman–Crippen MR) is 67.4 cm³/mol. The minimum absolute atomic E-state index is 0.120. The lowest BCUT2D eigenvalue weighted by atomic mass is 10.1. The second-order valence-electron chi connectivity index (χ2n) is 4.10. The van der Waals surface area contributed by atoms with Crippen LogP contribution < -0.4 is 0 Å². The van der Waals surface area contributed by atoms with Gasteiger partial charge < -0.3 is 5.11 Å². The van der Waals surface area contributed by atoms with Crippen LogP contribution in [0.4, 0.5) is 0 Å². The van der Waals surface area contributed by atoms with Gasteiger partial charge in [0.05, 0.1) is 6.61 Å². The zero-order chi connectivity index (χ0) is 12.5. The summed E-state index contributed by atoms with van der Waals surface area (Å²) in [7, 11) is -3.38. The molecule has 0 unspecified atom stereocenters. The average Bonchev–Trinajstić information content (AvgIpc) is 2.78. The van der Waals surface area contributed by atoms with E-state index >= 15 is 0 Å². The summed E-state index contributed by atoms with van der Waals surface area (Å²) in [6.45, 7) is 2.88. The molecule has 0 bridgehead atoms. The highest BCUT2D eigenvalue weighted by atomic mass is 32.2. The highest BCUT2D eigenvalue weighted by Gasteiger charge is 2.26. The van der Waals surface area contributed by atoms with Gasteiger partial charge in [-0.15, -0.1) is 11.3 Å². The molecule has 0 spiro atoms. The van der Waals surface area contributed by atoms with Gasteiger partial charge in [-0.1, -0.05) is 11.6 Å². The molecule has 2 heterocycles. The van der Waals surface area contributed by atoms with E-state index in [9.17, 15) is 8.42 Å². The Bertz CT molecular complexity index is 531. The Labute approximate surface area is 105 Å². The SMILES string of the molecule is CC1=CCN(S(=O)(=O)c2cc(CO)cs2)CC1. The van der Waals surface area contributed by atoms with Crippen molar-refractivity contribution in [1.82, 2.24) is 4.31 Å². The van der Waals surface area contributed by atoms with Crippen molar-refractivity contribution in [2.24, 2.45) is 0 Å². The summed E-state index contributed by atoms with van der Waals surface area (Å²) in [6, 6.07) is 1.55. The van der Waals surface area contributed by atoms with E-state index in [1.54, 1.807) is 11.4 Å². The van der Waals surface area contributed by atoms with Crippen molar-refractivity contribution < 1.29 is 13.5 Å². The molecule has 0 saturated heterocycles. The Kier molecular flexibility index (Phi) is 3.67. The van der Waals surface area contributed by atoms with Crippen molar-refractivity contribution in [3.63, 3.8) is 0 Å². The number of sulfonamides is 1. The number of nitrogens with zero attached hydrogens (tertiary/aromatic N) is 1. The Balaban J connectivity index is 2.24. The van der Waals surface area contributed by atoms with Gasteiger partial charge in [-0.2, -0.15) is 4.31 Å². The Morgan fingerprint density at radius 2 is 2.29 bits per heavy atom. The van der Waals surface area contributed by atoms with E-state index < -0.39 is 10.0 Å². The van der Waals surface area contributed by atoms with E-state index in [1.807, 2.05) is 13.0 Å². The van der Waals surface area contributed by atoms with Crippen LogP contribution in [0.15, 0.2) is 27.3 Å². The first-order chi connectivity index (χ1) is 8.04. The number of thiophene rings is 1. The van der Waals surface area contributed by atoms with Crippen molar-refractivity contribution >= 4 is 21.4 Å². The lowest BCUT2D eigenvalue weighted by molar-refractivity contribution is 0.282. The van der Waals surface area contributed by atoms with Crippen LogP contribution in [0, 0.1) is 0 Å². The molecule has 1 aliphatic heterocycles. The van der Waals surface area contributed by atoms with E-state index in [0.29, 0.717) is 22.9 Å². The summed E-state index contributed by atoms with van der Waals surface area (Å²) >= 11 is 1.17. The topological polar surface area (TPSA) is 57.6 Å². The summed E-state index contributed by atoms with van der Waals surface area (Å²) in [5.41, 5.74) is 1.89. The first-order valence-corrected chi connectivity index (χ1v) is 7.70. The summed E-state index contributed by atoms with van der Waals surface area (Å²) in [5.74, 6) is 0. The van der Waals surface area contributed by atoms with E-state index in [4.69, 9.17) is 5.11 Å². The van der Waals surface area contributed by atoms with E-state index in [-0.39, 0.29) is 6.61 Å². The van der Waals surface area contributed by atoms with Crippen molar-refractivity contribution in [2.75, 3.05) is 13.1 Å². The molecule has 2 rings (SSSR count). The summed E-state index contributed by atoms with van der Waals surface area (Å²) in [5, 5.41) is 10.6. The van der Waals surface area contributed by atoms with E-state index in [1.165, 1.54) is 21.2 Å². The fourth-order valence-electron chi connectivity index (χ4n) is 1.67. The molecule has 0 radical (unpaired) electrons. The van der Waals surface area contributed by atoms with Gasteiger partial charge in [-0.05, 0) is 30.4 Å². The van der Waals surface area contributed by atoms with Crippen molar-refractivity contribution in [3.8, 4) is 0 Å². The molecule has 4 nitrogen and oxygen atoms in total. The molecule has 1 aliphatic rings.